The fourth-order valence-electron chi connectivity index (χ4n) is 4.24. The van der Waals surface area contributed by atoms with Crippen LogP contribution < -0.4 is 10.6 Å². The third-order valence-electron chi connectivity index (χ3n) is 6.69. The Morgan fingerprint density at radius 2 is 1.70 bits per heavy atom. The van der Waals surface area contributed by atoms with Crippen LogP contribution in [0.15, 0.2) is 53.7 Å². The van der Waals surface area contributed by atoms with Crippen molar-refractivity contribution < 1.29 is 26.8 Å². The Morgan fingerprint density at radius 1 is 1.00 bits per heavy atom. The van der Waals surface area contributed by atoms with Crippen molar-refractivity contribution in [2.75, 3.05) is 6.54 Å². The molecule has 0 aliphatic heterocycles. The van der Waals surface area contributed by atoms with E-state index < -0.39 is 45.1 Å². The normalized spacial score (nSPS) is 16.1. The van der Waals surface area contributed by atoms with Gasteiger partial charge in [0.25, 0.3) is 0 Å². The number of amides is 2. The Hall–Kier alpha value is -3.84. The van der Waals surface area contributed by atoms with Gasteiger partial charge in [0.2, 0.25) is 11.8 Å². The van der Waals surface area contributed by atoms with Gasteiger partial charge >= 0.3 is 0 Å². The lowest BCUT2D eigenvalue weighted by Gasteiger charge is -2.16. The number of benzene rings is 2. The molecule has 1 unspecified atom stereocenters. The molecule has 13 heteroatoms. The van der Waals surface area contributed by atoms with Gasteiger partial charge in [-0.1, -0.05) is 0 Å². The van der Waals surface area contributed by atoms with Crippen LogP contribution in [0.4, 0.5) is 8.78 Å². The molecule has 2 amide bonds. The van der Waals surface area contributed by atoms with Crippen LogP contribution >= 0.6 is 11.3 Å². The Balaban J connectivity index is 1.35. The number of halogens is 2. The molecule has 2 heterocycles. The van der Waals surface area contributed by atoms with Crippen molar-refractivity contribution in [3.05, 3.63) is 71.3 Å². The zero-order valence-electron chi connectivity index (χ0n) is 20.9. The molecule has 4 aromatic rings. The van der Waals surface area contributed by atoms with Gasteiger partial charge in [-0.05, 0) is 67.6 Å². The summed E-state index contributed by atoms with van der Waals surface area (Å²) in [5.74, 6) is -1.70. The van der Waals surface area contributed by atoms with Crippen molar-refractivity contribution in [2.45, 2.75) is 47.8 Å². The number of nitrogens with zero attached hydrogens (tertiary/aromatic N) is 3. The molecule has 2 aliphatic carbocycles. The number of hydrogen-bond acceptors (Lipinski definition) is 8. The van der Waals surface area contributed by atoms with Gasteiger partial charge in [0.1, 0.15) is 22.2 Å². The van der Waals surface area contributed by atoms with Crippen LogP contribution in [0.2, 0.25) is 0 Å². The van der Waals surface area contributed by atoms with E-state index in [1.165, 1.54) is 6.07 Å². The van der Waals surface area contributed by atoms with Crippen molar-refractivity contribution in [2.24, 2.45) is 0 Å². The molecule has 40 heavy (non-hydrogen) atoms. The standard InChI is InChI=1S/C27H23F2N5O4S2/c28-17-3-7-19(8-4-17)40(37,38)24(26(36)32-13-22(35)33-18-5-6-18)27-34-23-20(29)9-15(10-21(23)39-27)16-11-30-25(31-12-16)14-1-2-14/h3-4,7-12,14,18,24H,1-2,5-6,13H2,(H,32,36)(H,33,35). The first-order chi connectivity index (χ1) is 19.2. The highest BCUT2D eigenvalue weighted by molar-refractivity contribution is 7.92. The molecule has 2 saturated carbocycles. The second kappa shape index (κ2) is 10.3. The summed E-state index contributed by atoms with van der Waals surface area (Å²) in [5, 5.41) is 3.00. The summed E-state index contributed by atoms with van der Waals surface area (Å²) >= 11 is 0.848. The van der Waals surface area contributed by atoms with Crippen LogP contribution in [-0.2, 0) is 19.4 Å². The first-order valence-electron chi connectivity index (χ1n) is 12.7. The minimum Gasteiger partial charge on any atom is -0.352 e. The lowest BCUT2D eigenvalue weighted by molar-refractivity contribution is -0.126. The van der Waals surface area contributed by atoms with Gasteiger partial charge in [-0.15, -0.1) is 11.3 Å². The molecular formula is C27H23F2N5O4S2. The van der Waals surface area contributed by atoms with Gasteiger partial charge in [0.15, 0.2) is 20.9 Å². The maximum atomic E-state index is 15.2. The number of nitrogens with one attached hydrogen (secondary N) is 2. The van der Waals surface area contributed by atoms with Crippen LogP contribution in [0.5, 0.6) is 0 Å². The molecule has 206 valence electrons. The van der Waals surface area contributed by atoms with Crippen LogP contribution in [0.1, 0.15) is 47.7 Å². The molecule has 2 N–H and O–H groups in total. The van der Waals surface area contributed by atoms with E-state index >= 15 is 4.39 Å². The predicted molar refractivity (Wildman–Crippen MR) is 143 cm³/mol. The Bertz CT molecular complexity index is 1720. The molecule has 0 radical (unpaired) electrons. The lowest BCUT2D eigenvalue weighted by atomic mass is 10.1. The molecule has 0 spiro atoms. The highest BCUT2D eigenvalue weighted by Gasteiger charge is 2.39. The largest absolute Gasteiger partial charge is 0.352 e. The van der Waals surface area contributed by atoms with Gasteiger partial charge < -0.3 is 10.6 Å². The Labute approximate surface area is 232 Å². The number of hydrogen-bond donors (Lipinski definition) is 2. The van der Waals surface area contributed by atoms with E-state index in [1.807, 2.05) is 0 Å². The molecule has 1 atom stereocenters. The predicted octanol–water partition coefficient (Wildman–Crippen LogP) is 3.82. The second-order valence-electron chi connectivity index (χ2n) is 9.90. The van der Waals surface area contributed by atoms with Gasteiger partial charge in [-0.25, -0.2) is 32.2 Å². The quantitative estimate of drug-likeness (QED) is 0.287. The highest BCUT2D eigenvalue weighted by atomic mass is 32.2. The molecule has 2 aromatic carbocycles. The van der Waals surface area contributed by atoms with Crippen molar-refractivity contribution in [3.63, 3.8) is 0 Å². The molecule has 2 aliphatic rings. The Kier molecular flexibility index (Phi) is 6.78. The fourth-order valence-corrected chi connectivity index (χ4v) is 7.23. The zero-order chi connectivity index (χ0) is 28.0. The lowest BCUT2D eigenvalue weighted by Crippen LogP contribution is -2.41. The summed E-state index contributed by atoms with van der Waals surface area (Å²) in [5.41, 5.74) is 0.953. The van der Waals surface area contributed by atoms with Gasteiger partial charge in [-0.3, -0.25) is 9.59 Å². The molecule has 2 aromatic heterocycles. The van der Waals surface area contributed by atoms with E-state index in [1.54, 1.807) is 18.5 Å². The molecule has 0 bridgehead atoms. The molecule has 9 nitrogen and oxygen atoms in total. The van der Waals surface area contributed by atoms with Crippen LogP contribution in [0.3, 0.4) is 0 Å². The molecule has 2 fully saturated rings. The maximum absolute atomic E-state index is 15.2. The number of sulfone groups is 1. The fraction of sp³-hybridized carbons (Fsp3) is 0.296. The third-order valence-corrected chi connectivity index (χ3v) is 9.90. The smallest absolute Gasteiger partial charge is 0.246 e. The van der Waals surface area contributed by atoms with Crippen LogP contribution in [0, 0.1) is 11.6 Å². The second-order valence-corrected chi connectivity index (χ2v) is 13.0. The summed E-state index contributed by atoms with van der Waals surface area (Å²) < 4.78 is 56.3. The molecule has 6 rings (SSSR count). The third kappa shape index (κ3) is 5.43. The summed E-state index contributed by atoms with van der Waals surface area (Å²) in [4.78, 5) is 38.1. The summed E-state index contributed by atoms with van der Waals surface area (Å²) in [6, 6.07) is 6.96. The number of fused-ring (bicyclic) bond motifs is 1. The Morgan fingerprint density at radius 3 is 2.35 bits per heavy atom. The topological polar surface area (TPSA) is 131 Å². The number of rotatable bonds is 9. The van der Waals surface area contributed by atoms with E-state index in [9.17, 15) is 22.4 Å². The number of carbonyl (C=O) groups excluding carboxylic acids is 2. The van der Waals surface area contributed by atoms with E-state index in [0.717, 1.165) is 67.1 Å². The SMILES string of the molecule is O=C(CNC(=O)C(c1nc2c(F)cc(-c3cnc(C4CC4)nc3)cc2s1)S(=O)(=O)c1ccc(F)cc1)NC1CC1. The number of carbonyl (C=O) groups is 2. The average molecular weight is 584 g/mol. The summed E-state index contributed by atoms with van der Waals surface area (Å²) in [6.45, 7) is -0.439. The first-order valence-corrected chi connectivity index (χ1v) is 15.0. The minimum absolute atomic E-state index is 0.0555. The summed E-state index contributed by atoms with van der Waals surface area (Å²) in [7, 11) is -4.46. The van der Waals surface area contributed by atoms with Crippen LogP contribution in [0.25, 0.3) is 21.3 Å². The molecule has 0 saturated heterocycles. The molecular weight excluding hydrogens is 560 g/mol. The van der Waals surface area contributed by atoms with Crippen LogP contribution in [-0.4, -0.2) is 47.8 Å². The highest BCUT2D eigenvalue weighted by Crippen LogP contribution is 2.39. The zero-order valence-corrected chi connectivity index (χ0v) is 22.6. The monoisotopic (exact) mass is 583 g/mol. The first kappa shape index (κ1) is 26.4. The minimum atomic E-state index is -4.46. The van der Waals surface area contributed by atoms with Gasteiger partial charge in [0, 0.05) is 29.9 Å². The van der Waals surface area contributed by atoms with Gasteiger partial charge in [0.05, 0.1) is 16.1 Å². The number of aromatic nitrogens is 3. The van der Waals surface area contributed by atoms with E-state index in [2.05, 4.69) is 25.6 Å². The van der Waals surface area contributed by atoms with E-state index in [4.69, 9.17) is 0 Å². The maximum Gasteiger partial charge on any atom is 0.246 e. The average Bonchev–Trinajstić information content (AvgIpc) is 3.87. The number of thiazole rings is 1. The van der Waals surface area contributed by atoms with Crippen molar-refractivity contribution in [1.82, 2.24) is 25.6 Å². The van der Waals surface area contributed by atoms with Crippen molar-refractivity contribution in [3.8, 4) is 11.1 Å². The van der Waals surface area contributed by atoms with Crippen molar-refractivity contribution >= 4 is 43.2 Å². The van der Waals surface area contributed by atoms with Crippen molar-refractivity contribution in [1.29, 1.82) is 0 Å². The van der Waals surface area contributed by atoms with E-state index in [0.29, 0.717) is 21.7 Å². The van der Waals surface area contributed by atoms with E-state index in [-0.39, 0.29) is 21.5 Å². The summed E-state index contributed by atoms with van der Waals surface area (Å²) in [6.07, 6.45) is 7.01. The van der Waals surface area contributed by atoms with Gasteiger partial charge in [-0.2, -0.15) is 0 Å².